The zero-order chi connectivity index (χ0) is 14.1. The van der Waals surface area contributed by atoms with Crippen LogP contribution in [0.2, 0.25) is 0 Å². The molecule has 0 saturated heterocycles. The number of fused-ring (bicyclic) bond motifs is 1. The molecule has 2 rings (SSSR count). The second-order valence-electron chi connectivity index (χ2n) is 3.44. The Balaban J connectivity index is 2.32. The van der Waals surface area contributed by atoms with Crippen molar-refractivity contribution >= 4 is 27.7 Å². The highest BCUT2D eigenvalue weighted by Crippen LogP contribution is 2.33. The molecule has 0 bridgehead atoms. The molecule has 0 saturated carbocycles. The van der Waals surface area contributed by atoms with E-state index in [1.54, 1.807) is 12.3 Å². The molecule has 0 fully saturated rings. The van der Waals surface area contributed by atoms with E-state index >= 15 is 0 Å². The van der Waals surface area contributed by atoms with Gasteiger partial charge < -0.3 is 9.50 Å². The first kappa shape index (κ1) is 13.4. The fourth-order valence-electron chi connectivity index (χ4n) is 1.27. The second kappa shape index (κ2) is 4.57. The van der Waals surface area contributed by atoms with Gasteiger partial charge in [-0.25, -0.2) is 0 Å². The summed E-state index contributed by atoms with van der Waals surface area (Å²) in [5, 5.41) is 2.81. The molecule has 1 aliphatic heterocycles. The lowest BCUT2D eigenvalue weighted by Crippen LogP contribution is -2.28. The van der Waals surface area contributed by atoms with Crippen LogP contribution in [0.1, 0.15) is 0 Å². The average molecular weight is 292 g/mol. The van der Waals surface area contributed by atoms with Crippen molar-refractivity contribution in [3.8, 4) is 5.75 Å². The summed E-state index contributed by atoms with van der Waals surface area (Å²) < 4.78 is 62.2. The van der Waals surface area contributed by atoms with Gasteiger partial charge in [0.1, 0.15) is 5.75 Å². The van der Waals surface area contributed by atoms with Crippen LogP contribution >= 0.6 is 0 Å². The molecule has 0 atom stereocenters. The number of nitrogens with zero attached hydrogens (tertiary/aromatic N) is 1. The van der Waals surface area contributed by atoms with Gasteiger partial charge in [0.05, 0.1) is 11.4 Å². The summed E-state index contributed by atoms with van der Waals surface area (Å²) in [7, 11) is -5.67. The minimum atomic E-state index is -5.67. The number of nitrogens with one attached hydrogen (secondary N) is 1. The van der Waals surface area contributed by atoms with Crippen LogP contribution in [-0.4, -0.2) is 20.1 Å². The Labute approximate surface area is 106 Å². The summed E-state index contributed by atoms with van der Waals surface area (Å²) in [6, 6.07) is 3.56. The zero-order valence-electron chi connectivity index (χ0n) is 9.18. The van der Waals surface area contributed by atoms with Crippen molar-refractivity contribution in [3.63, 3.8) is 0 Å². The number of alkyl halides is 3. The van der Waals surface area contributed by atoms with Crippen LogP contribution in [0, 0.1) is 0 Å². The fourth-order valence-corrected chi connectivity index (χ4v) is 1.72. The molecule has 1 heterocycles. The summed E-state index contributed by atoms with van der Waals surface area (Å²) in [6.45, 7) is 0. The van der Waals surface area contributed by atoms with Gasteiger partial charge in [0.25, 0.3) is 0 Å². The molecule has 19 heavy (non-hydrogen) atoms. The Bertz CT molecular complexity index is 650. The molecular formula is C10H7F3N2O3S. The second-order valence-corrected chi connectivity index (χ2v) is 4.98. The van der Waals surface area contributed by atoms with Gasteiger partial charge in [0.15, 0.2) is 0 Å². The number of hydrogen-bond acceptors (Lipinski definition) is 5. The van der Waals surface area contributed by atoms with Crippen LogP contribution in [0.4, 0.5) is 24.5 Å². The molecular weight excluding hydrogens is 285 g/mol. The fraction of sp³-hybridized carbons (Fsp3) is 0.100. The van der Waals surface area contributed by atoms with Gasteiger partial charge in [-0.15, -0.1) is 0 Å². The van der Waals surface area contributed by atoms with Crippen LogP contribution in [0.25, 0.3) is 0 Å². The van der Waals surface area contributed by atoms with Crippen molar-refractivity contribution in [3.05, 3.63) is 30.5 Å². The van der Waals surface area contributed by atoms with Crippen LogP contribution in [0.5, 0.6) is 5.75 Å². The van der Waals surface area contributed by atoms with Gasteiger partial charge in [-0.3, -0.25) is 4.99 Å². The lowest BCUT2D eigenvalue weighted by atomic mass is 10.2. The number of hydrogen-bond donors (Lipinski definition) is 1. The predicted molar refractivity (Wildman–Crippen MR) is 63.0 cm³/mol. The summed E-state index contributed by atoms with van der Waals surface area (Å²) in [5.41, 5.74) is -4.69. The van der Waals surface area contributed by atoms with Crippen molar-refractivity contribution < 1.29 is 25.8 Å². The van der Waals surface area contributed by atoms with Gasteiger partial charge in [0, 0.05) is 18.5 Å². The Hall–Kier alpha value is -2.03. The van der Waals surface area contributed by atoms with E-state index in [1.165, 1.54) is 12.3 Å². The van der Waals surface area contributed by atoms with E-state index in [9.17, 15) is 21.6 Å². The first-order valence-corrected chi connectivity index (χ1v) is 6.31. The largest absolute Gasteiger partial charge is 0.534 e. The quantitative estimate of drug-likeness (QED) is 0.672. The van der Waals surface area contributed by atoms with Crippen molar-refractivity contribution in [2.75, 3.05) is 5.32 Å². The van der Waals surface area contributed by atoms with Gasteiger partial charge in [-0.1, -0.05) is 0 Å². The normalized spacial score (nSPS) is 14.5. The molecule has 1 aromatic rings. The summed E-state index contributed by atoms with van der Waals surface area (Å²) in [5.74, 6) is -0.461. The summed E-state index contributed by atoms with van der Waals surface area (Å²) in [4.78, 5) is 3.91. The Morgan fingerprint density at radius 1 is 1.26 bits per heavy atom. The Kier molecular flexibility index (Phi) is 3.23. The third kappa shape index (κ3) is 2.87. The molecule has 1 aliphatic rings. The molecule has 0 unspecified atom stereocenters. The molecule has 0 amide bonds. The molecule has 102 valence electrons. The number of benzene rings is 1. The van der Waals surface area contributed by atoms with Gasteiger partial charge >= 0.3 is 15.6 Å². The van der Waals surface area contributed by atoms with Gasteiger partial charge in [-0.2, -0.15) is 21.6 Å². The van der Waals surface area contributed by atoms with Crippen LogP contribution in [-0.2, 0) is 10.1 Å². The SMILES string of the molecule is O=S(=O)(Oc1ccc2c(c1)N=CC=CN2)C(F)(F)F. The van der Waals surface area contributed by atoms with Gasteiger partial charge in [-0.05, 0) is 18.2 Å². The number of allylic oxidation sites excluding steroid dienone is 1. The molecule has 0 spiro atoms. The smallest absolute Gasteiger partial charge is 0.376 e. The van der Waals surface area contributed by atoms with E-state index in [0.29, 0.717) is 5.69 Å². The number of aliphatic imine (C=N–C) groups is 1. The predicted octanol–water partition coefficient (Wildman–Crippen LogP) is 2.56. The molecule has 0 aliphatic carbocycles. The molecule has 1 aromatic carbocycles. The first-order valence-electron chi connectivity index (χ1n) is 4.90. The minimum absolute atomic E-state index is 0.264. The highest BCUT2D eigenvalue weighted by molar-refractivity contribution is 7.88. The molecule has 5 nitrogen and oxygen atoms in total. The highest BCUT2D eigenvalue weighted by Gasteiger charge is 2.48. The number of anilines is 1. The molecule has 9 heteroatoms. The number of rotatable bonds is 2. The topological polar surface area (TPSA) is 67.8 Å². The monoisotopic (exact) mass is 292 g/mol. The molecule has 0 aromatic heterocycles. The third-order valence-electron chi connectivity index (χ3n) is 2.09. The van der Waals surface area contributed by atoms with E-state index in [1.807, 2.05) is 0 Å². The minimum Gasteiger partial charge on any atom is -0.376 e. The van der Waals surface area contributed by atoms with Crippen molar-refractivity contribution in [1.82, 2.24) is 0 Å². The zero-order valence-corrected chi connectivity index (χ0v) is 9.99. The van der Waals surface area contributed by atoms with Crippen LogP contribution in [0.15, 0.2) is 35.5 Å². The average Bonchev–Trinajstić information content (AvgIpc) is 2.51. The first-order chi connectivity index (χ1) is 8.79. The van der Waals surface area contributed by atoms with Crippen molar-refractivity contribution in [2.24, 2.45) is 4.99 Å². The summed E-state index contributed by atoms with van der Waals surface area (Å²) >= 11 is 0. The van der Waals surface area contributed by atoms with E-state index < -0.39 is 21.4 Å². The standard InChI is InChI=1S/C10H7F3N2O3S/c11-10(12,13)19(16,17)18-7-2-3-8-9(6-7)15-5-1-4-14-8/h1-6,14H. The van der Waals surface area contributed by atoms with Crippen molar-refractivity contribution in [1.29, 1.82) is 0 Å². The number of halogens is 3. The van der Waals surface area contributed by atoms with Crippen LogP contribution in [0.3, 0.4) is 0 Å². The summed E-state index contributed by atoms with van der Waals surface area (Å²) in [6.07, 6.45) is 4.55. The van der Waals surface area contributed by atoms with Gasteiger partial charge in [0.2, 0.25) is 0 Å². The molecule has 1 N–H and O–H groups in total. The van der Waals surface area contributed by atoms with E-state index in [0.717, 1.165) is 12.1 Å². The van der Waals surface area contributed by atoms with E-state index in [2.05, 4.69) is 14.5 Å². The lowest BCUT2D eigenvalue weighted by Gasteiger charge is -2.11. The van der Waals surface area contributed by atoms with Crippen molar-refractivity contribution in [2.45, 2.75) is 5.51 Å². The van der Waals surface area contributed by atoms with E-state index in [4.69, 9.17) is 0 Å². The lowest BCUT2D eigenvalue weighted by molar-refractivity contribution is -0.0500. The van der Waals surface area contributed by atoms with E-state index in [-0.39, 0.29) is 5.69 Å². The van der Waals surface area contributed by atoms with Crippen LogP contribution < -0.4 is 9.50 Å². The Morgan fingerprint density at radius 3 is 2.68 bits per heavy atom. The maximum absolute atomic E-state index is 12.2. The Morgan fingerprint density at radius 2 is 2.00 bits per heavy atom. The maximum Gasteiger partial charge on any atom is 0.534 e. The maximum atomic E-state index is 12.2. The molecule has 0 radical (unpaired) electrons. The third-order valence-corrected chi connectivity index (χ3v) is 3.07. The highest BCUT2D eigenvalue weighted by atomic mass is 32.2.